The summed E-state index contributed by atoms with van der Waals surface area (Å²) in [5, 5.41) is 4.23. The molecule has 1 amide bonds. The van der Waals surface area contributed by atoms with Crippen molar-refractivity contribution in [3.8, 4) is 5.69 Å². The van der Waals surface area contributed by atoms with Gasteiger partial charge >= 0.3 is 5.97 Å². The van der Waals surface area contributed by atoms with E-state index in [0.29, 0.717) is 27.2 Å². The fourth-order valence-corrected chi connectivity index (χ4v) is 3.56. The Morgan fingerprint density at radius 2 is 1.56 bits per heavy atom. The van der Waals surface area contributed by atoms with E-state index in [1.807, 2.05) is 0 Å². The van der Waals surface area contributed by atoms with Crippen LogP contribution in [0, 0.1) is 0 Å². The zero-order chi connectivity index (χ0) is 22.7. The highest BCUT2D eigenvalue weighted by atomic mass is 35.5. The Hall–Kier alpha value is -3.90. The number of carbonyl (C=O) groups is 2. The van der Waals surface area contributed by atoms with E-state index < -0.39 is 11.9 Å². The summed E-state index contributed by atoms with van der Waals surface area (Å²) in [4.78, 5) is 38.7. The molecule has 32 heavy (non-hydrogen) atoms. The Labute approximate surface area is 189 Å². The number of carbonyl (C=O) groups excluding carboxylic acids is 2. The molecule has 6 nitrogen and oxygen atoms in total. The molecule has 1 aromatic heterocycles. The van der Waals surface area contributed by atoms with Crippen LogP contribution in [0.15, 0.2) is 83.8 Å². The second kappa shape index (κ2) is 9.08. The summed E-state index contributed by atoms with van der Waals surface area (Å²) in [7, 11) is 0. The number of halogens is 1. The van der Waals surface area contributed by atoms with E-state index in [1.54, 1.807) is 79.7 Å². The molecule has 0 spiro atoms. The first-order chi connectivity index (χ1) is 15.5. The third kappa shape index (κ3) is 4.13. The van der Waals surface area contributed by atoms with E-state index in [-0.39, 0.29) is 23.3 Å². The Bertz CT molecular complexity index is 1380. The molecule has 0 aliphatic heterocycles. The molecule has 0 aliphatic carbocycles. The normalized spacial score (nSPS) is 10.7. The number of benzene rings is 3. The molecular weight excluding hydrogens is 428 g/mol. The van der Waals surface area contributed by atoms with Crippen molar-refractivity contribution in [2.45, 2.75) is 6.92 Å². The SMILES string of the molecule is CCOC(=O)c1ccccc1NC(=O)c1cn(-c2ccc(Cl)cc2)c(=O)c2ccccc12. The number of hydrogen-bond acceptors (Lipinski definition) is 4. The summed E-state index contributed by atoms with van der Waals surface area (Å²) in [6, 6.07) is 20.3. The average Bonchev–Trinajstić information content (AvgIpc) is 2.80. The second-order valence-electron chi connectivity index (χ2n) is 6.96. The van der Waals surface area contributed by atoms with E-state index in [4.69, 9.17) is 16.3 Å². The van der Waals surface area contributed by atoms with Crippen molar-refractivity contribution in [3.63, 3.8) is 0 Å². The highest BCUT2D eigenvalue weighted by Crippen LogP contribution is 2.22. The van der Waals surface area contributed by atoms with Gasteiger partial charge in [0.1, 0.15) is 0 Å². The molecule has 4 aromatic rings. The number of para-hydroxylation sites is 1. The number of amides is 1. The van der Waals surface area contributed by atoms with Crippen molar-refractivity contribution in [1.82, 2.24) is 4.57 Å². The van der Waals surface area contributed by atoms with E-state index in [9.17, 15) is 14.4 Å². The van der Waals surface area contributed by atoms with E-state index in [2.05, 4.69) is 5.32 Å². The van der Waals surface area contributed by atoms with Gasteiger partial charge in [0.25, 0.3) is 11.5 Å². The number of fused-ring (bicyclic) bond motifs is 1. The lowest BCUT2D eigenvalue weighted by atomic mass is 10.1. The molecule has 0 saturated heterocycles. The average molecular weight is 447 g/mol. The molecule has 0 unspecified atom stereocenters. The summed E-state index contributed by atoms with van der Waals surface area (Å²) < 4.78 is 6.49. The fourth-order valence-electron chi connectivity index (χ4n) is 3.43. The number of nitrogens with zero attached hydrogens (tertiary/aromatic N) is 1. The van der Waals surface area contributed by atoms with Gasteiger partial charge in [-0.15, -0.1) is 0 Å². The number of hydrogen-bond donors (Lipinski definition) is 1. The Kier molecular flexibility index (Phi) is 6.05. The second-order valence-corrected chi connectivity index (χ2v) is 7.40. The van der Waals surface area contributed by atoms with Crippen LogP contribution in [0.3, 0.4) is 0 Å². The van der Waals surface area contributed by atoms with Crippen molar-refractivity contribution in [1.29, 1.82) is 0 Å². The van der Waals surface area contributed by atoms with Crippen LogP contribution in [0.2, 0.25) is 5.02 Å². The Morgan fingerprint density at radius 1 is 0.906 bits per heavy atom. The maximum atomic E-state index is 13.3. The van der Waals surface area contributed by atoms with Crippen molar-refractivity contribution >= 4 is 39.9 Å². The van der Waals surface area contributed by atoms with Gasteiger partial charge < -0.3 is 10.1 Å². The lowest BCUT2D eigenvalue weighted by molar-refractivity contribution is 0.0527. The minimum atomic E-state index is -0.528. The van der Waals surface area contributed by atoms with Crippen LogP contribution in [0.5, 0.6) is 0 Å². The number of nitrogens with one attached hydrogen (secondary N) is 1. The molecule has 0 radical (unpaired) electrons. The number of ether oxygens (including phenoxy) is 1. The molecule has 0 aliphatic rings. The van der Waals surface area contributed by atoms with Gasteiger partial charge in [-0.3, -0.25) is 14.2 Å². The predicted molar refractivity (Wildman–Crippen MR) is 125 cm³/mol. The molecule has 0 bridgehead atoms. The Morgan fingerprint density at radius 3 is 2.28 bits per heavy atom. The Balaban J connectivity index is 1.82. The van der Waals surface area contributed by atoms with Crippen LogP contribution in [0.1, 0.15) is 27.6 Å². The highest BCUT2D eigenvalue weighted by molar-refractivity contribution is 6.30. The molecule has 7 heteroatoms. The maximum Gasteiger partial charge on any atom is 0.340 e. The first-order valence-corrected chi connectivity index (χ1v) is 10.3. The molecule has 0 fully saturated rings. The van der Waals surface area contributed by atoms with Gasteiger partial charge in [0.2, 0.25) is 0 Å². The standard InChI is InChI=1S/C25H19ClN2O4/c1-2-32-25(31)20-9-5-6-10-22(20)27-23(29)21-15-28(17-13-11-16(26)12-14-17)24(30)19-8-4-3-7-18(19)21/h3-15H,2H2,1H3,(H,27,29). The summed E-state index contributed by atoms with van der Waals surface area (Å²) in [6.45, 7) is 1.93. The lowest BCUT2D eigenvalue weighted by Crippen LogP contribution is -2.23. The van der Waals surface area contributed by atoms with Crippen molar-refractivity contribution in [2.75, 3.05) is 11.9 Å². The molecule has 0 saturated carbocycles. The minimum absolute atomic E-state index is 0.220. The van der Waals surface area contributed by atoms with Gasteiger partial charge in [-0.1, -0.05) is 41.9 Å². The first-order valence-electron chi connectivity index (χ1n) is 9.97. The third-order valence-electron chi connectivity index (χ3n) is 4.94. The summed E-state index contributed by atoms with van der Waals surface area (Å²) in [6.07, 6.45) is 1.50. The quantitative estimate of drug-likeness (QED) is 0.434. The van der Waals surface area contributed by atoms with Crippen LogP contribution in [-0.4, -0.2) is 23.1 Å². The minimum Gasteiger partial charge on any atom is -0.462 e. The largest absolute Gasteiger partial charge is 0.462 e. The van der Waals surface area contributed by atoms with Gasteiger partial charge in [-0.2, -0.15) is 0 Å². The summed E-state index contributed by atoms with van der Waals surface area (Å²) in [5.41, 5.74) is 1.17. The zero-order valence-electron chi connectivity index (χ0n) is 17.2. The molecule has 0 atom stereocenters. The van der Waals surface area contributed by atoms with Gasteiger partial charge in [0, 0.05) is 27.7 Å². The van der Waals surface area contributed by atoms with Crippen molar-refractivity contribution in [3.05, 3.63) is 105 Å². The van der Waals surface area contributed by atoms with E-state index >= 15 is 0 Å². The van der Waals surface area contributed by atoms with Crippen molar-refractivity contribution in [2.24, 2.45) is 0 Å². The number of pyridine rings is 1. The smallest absolute Gasteiger partial charge is 0.340 e. The van der Waals surface area contributed by atoms with Gasteiger partial charge in [-0.05, 0) is 49.4 Å². The van der Waals surface area contributed by atoms with Gasteiger partial charge in [0.15, 0.2) is 0 Å². The number of rotatable bonds is 5. The van der Waals surface area contributed by atoms with Crippen LogP contribution in [0.4, 0.5) is 5.69 Å². The molecular formula is C25H19ClN2O4. The molecule has 4 rings (SSSR count). The van der Waals surface area contributed by atoms with Crippen LogP contribution < -0.4 is 10.9 Å². The molecule has 160 valence electrons. The number of anilines is 1. The summed E-state index contributed by atoms with van der Waals surface area (Å²) >= 11 is 5.98. The van der Waals surface area contributed by atoms with Crippen LogP contribution >= 0.6 is 11.6 Å². The third-order valence-corrected chi connectivity index (χ3v) is 5.20. The fraction of sp³-hybridized carbons (Fsp3) is 0.0800. The molecule has 3 aromatic carbocycles. The molecule has 1 heterocycles. The first kappa shape index (κ1) is 21.3. The van der Waals surface area contributed by atoms with Gasteiger partial charge in [-0.25, -0.2) is 4.79 Å². The lowest BCUT2D eigenvalue weighted by Gasteiger charge is -2.14. The highest BCUT2D eigenvalue weighted by Gasteiger charge is 2.19. The van der Waals surface area contributed by atoms with E-state index in [1.165, 1.54) is 10.8 Å². The topological polar surface area (TPSA) is 77.4 Å². The maximum absolute atomic E-state index is 13.3. The van der Waals surface area contributed by atoms with Crippen LogP contribution in [-0.2, 0) is 4.74 Å². The predicted octanol–water partition coefficient (Wildman–Crippen LogP) is 5.07. The van der Waals surface area contributed by atoms with Crippen molar-refractivity contribution < 1.29 is 14.3 Å². The zero-order valence-corrected chi connectivity index (χ0v) is 17.9. The van der Waals surface area contributed by atoms with Crippen LogP contribution in [0.25, 0.3) is 16.5 Å². The van der Waals surface area contributed by atoms with Gasteiger partial charge in [0.05, 0.1) is 23.4 Å². The number of aromatic nitrogens is 1. The monoisotopic (exact) mass is 446 g/mol. The van der Waals surface area contributed by atoms with E-state index in [0.717, 1.165) is 0 Å². The molecule has 1 N–H and O–H groups in total. The summed E-state index contributed by atoms with van der Waals surface area (Å²) in [5.74, 6) is -0.986. The number of esters is 1.